The molecule has 0 spiro atoms. The van der Waals surface area contributed by atoms with Crippen LogP contribution in [0.4, 0.5) is 23.7 Å². The van der Waals surface area contributed by atoms with Crippen LogP contribution >= 0.6 is 0 Å². The minimum absolute atomic E-state index is 0.0136. The number of carbonyl (C=O) groups is 3. The molecule has 37 heavy (non-hydrogen) atoms. The Labute approximate surface area is 209 Å². The fourth-order valence-electron chi connectivity index (χ4n) is 4.91. The van der Waals surface area contributed by atoms with Gasteiger partial charge in [-0.3, -0.25) is 9.59 Å². The van der Waals surface area contributed by atoms with Crippen molar-refractivity contribution in [1.82, 2.24) is 15.1 Å². The number of hydrogen-bond acceptors (Lipinski definition) is 6. The summed E-state index contributed by atoms with van der Waals surface area (Å²) in [4.78, 5) is 36.0. The predicted molar refractivity (Wildman–Crippen MR) is 123 cm³/mol. The van der Waals surface area contributed by atoms with E-state index in [-0.39, 0.29) is 36.3 Å². The standard InChI is InChI=1S/C22H23F3N6O5S/c23-22(24,25)20(33)27-7-11-9-31-19(36-10-11)17(8-28-31)37(26,35)30-21(34)29-18-13-3-1-2-12(13)6-15-14(18)4-5-16(15)32/h6,8,11H,1-5,7,9-10H2,(H,27,33)(H3,26,29,30,34,35). The van der Waals surface area contributed by atoms with Gasteiger partial charge in [0.15, 0.2) is 15.7 Å². The third-order valence-electron chi connectivity index (χ3n) is 6.63. The van der Waals surface area contributed by atoms with Gasteiger partial charge in [0, 0.05) is 30.1 Å². The number of rotatable bonds is 4. The molecule has 1 aliphatic heterocycles. The lowest BCUT2D eigenvalue weighted by molar-refractivity contribution is -0.173. The Bertz CT molecular complexity index is 1440. The van der Waals surface area contributed by atoms with E-state index in [0.717, 1.165) is 42.1 Å². The smallest absolute Gasteiger partial charge is 0.471 e. The lowest BCUT2D eigenvalue weighted by Gasteiger charge is -2.25. The molecule has 4 N–H and O–H groups in total. The van der Waals surface area contributed by atoms with E-state index < -0.39 is 33.9 Å². The van der Waals surface area contributed by atoms with Gasteiger partial charge in [0.05, 0.1) is 19.3 Å². The zero-order chi connectivity index (χ0) is 26.5. The number of alkyl halides is 3. The molecule has 2 atom stereocenters. The summed E-state index contributed by atoms with van der Waals surface area (Å²) in [5, 5.41) is 14.4. The van der Waals surface area contributed by atoms with E-state index >= 15 is 0 Å². The number of fused-ring (bicyclic) bond motifs is 3. The van der Waals surface area contributed by atoms with Gasteiger partial charge < -0.3 is 15.4 Å². The van der Waals surface area contributed by atoms with Gasteiger partial charge in [0.2, 0.25) is 5.88 Å². The second-order valence-electron chi connectivity index (χ2n) is 9.16. The first kappa shape index (κ1) is 25.2. The summed E-state index contributed by atoms with van der Waals surface area (Å²) in [6.07, 6.45) is -0.605. The van der Waals surface area contributed by atoms with Crippen molar-refractivity contribution >= 4 is 33.3 Å². The van der Waals surface area contributed by atoms with Crippen LogP contribution in [0, 0.1) is 5.92 Å². The summed E-state index contributed by atoms with van der Waals surface area (Å²) in [6, 6.07) is 0.947. The molecule has 198 valence electrons. The van der Waals surface area contributed by atoms with Gasteiger partial charge >= 0.3 is 18.1 Å². The number of ether oxygens (including phenoxy) is 1. The number of benzene rings is 1. The van der Waals surface area contributed by atoms with Gasteiger partial charge in [-0.05, 0) is 48.4 Å². The van der Waals surface area contributed by atoms with Crippen molar-refractivity contribution in [2.75, 3.05) is 18.5 Å². The first-order valence-corrected chi connectivity index (χ1v) is 13.1. The maximum Gasteiger partial charge on any atom is 0.471 e. The molecule has 2 aromatic rings. The van der Waals surface area contributed by atoms with Crippen LogP contribution in [0.2, 0.25) is 0 Å². The quantitative estimate of drug-likeness (QED) is 0.539. The number of nitrogens with one attached hydrogen (secondary N) is 2. The summed E-state index contributed by atoms with van der Waals surface area (Å²) >= 11 is 0. The molecule has 0 saturated carbocycles. The van der Waals surface area contributed by atoms with Crippen molar-refractivity contribution in [3.8, 4) is 5.88 Å². The van der Waals surface area contributed by atoms with Crippen LogP contribution in [0.15, 0.2) is 21.5 Å². The van der Waals surface area contributed by atoms with Crippen LogP contribution < -0.4 is 20.5 Å². The minimum atomic E-state index is -5.00. The molecule has 2 unspecified atom stereocenters. The summed E-state index contributed by atoms with van der Waals surface area (Å²) in [5.41, 5.74) is 3.79. The maximum atomic E-state index is 13.2. The highest BCUT2D eigenvalue weighted by Gasteiger charge is 2.39. The topological polar surface area (TPSA) is 158 Å². The highest BCUT2D eigenvalue weighted by Crippen LogP contribution is 2.39. The SMILES string of the molecule is NS(=O)(=NC(=O)Nc1c2c(cc3c1CCC3=O)CCC2)c1cnn2c1OCC(CNC(=O)C(F)(F)F)C2. The lowest BCUT2D eigenvalue weighted by Crippen LogP contribution is -2.42. The Balaban J connectivity index is 1.34. The van der Waals surface area contributed by atoms with Gasteiger partial charge in [-0.25, -0.2) is 18.8 Å². The van der Waals surface area contributed by atoms with E-state index in [0.29, 0.717) is 24.1 Å². The third-order valence-corrected chi connectivity index (χ3v) is 7.98. The monoisotopic (exact) mass is 540 g/mol. The molecule has 0 saturated heterocycles. The van der Waals surface area contributed by atoms with E-state index in [1.807, 2.05) is 6.07 Å². The Morgan fingerprint density at radius 1 is 1.24 bits per heavy atom. The molecule has 1 aromatic heterocycles. The normalized spacial score (nSPS) is 19.8. The Morgan fingerprint density at radius 2 is 2.03 bits per heavy atom. The van der Waals surface area contributed by atoms with Crippen LogP contribution in [0.5, 0.6) is 5.88 Å². The van der Waals surface area contributed by atoms with Crippen LogP contribution in [0.3, 0.4) is 0 Å². The molecule has 3 aliphatic rings. The Hall–Kier alpha value is -3.46. The number of ketones is 1. The molecule has 0 bridgehead atoms. The number of halogens is 3. The Morgan fingerprint density at radius 3 is 2.78 bits per heavy atom. The first-order chi connectivity index (χ1) is 17.4. The first-order valence-electron chi connectivity index (χ1n) is 11.5. The van der Waals surface area contributed by atoms with Crippen molar-refractivity contribution in [3.05, 3.63) is 34.5 Å². The van der Waals surface area contributed by atoms with Gasteiger partial charge in [-0.15, -0.1) is 4.36 Å². The largest absolute Gasteiger partial charge is 0.476 e. The molecule has 11 nitrogen and oxygen atoms in total. The average Bonchev–Trinajstić information content (AvgIpc) is 3.55. The highest BCUT2D eigenvalue weighted by atomic mass is 32.2. The molecular formula is C22H23F3N6O5S. The summed E-state index contributed by atoms with van der Waals surface area (Å²) < 4.78 is 60.9. The summed E-state index contributed by atoms with van der Waals surface area (Å²) in [7, 11) is -3.81. The lowest BCUT2D eigenvalue weighted by atomic mass is 9.98. The van der Waals surface area contributed by atoms with Crippen molar-refractivity contribution in [2.45, 2.75) is 49.7 Å². The van der Waals surface area contributed by atoms with E-state index in [1.54, 1.807) is 5.32 Å². The number of aryl methyl sites for hydroxylation is 1. The van der Waals surface area contributed by atoms with Crippen molar-refractivity contribution in [2.24, 2.45) is 15.4 Å². The number of aromatic nitrogens is 2. The number of nitrogens with zero attached hydrogens (tertiary/aromatic N) is 3. The molecule has 15 heteroatoms. The van der Waals surface area contributed by atoms with Crippen LogP contribution in [-0.2, 0) is 40.5 Å². The third kappa shape index (κ3) is 4.80. The molecule has 1 aromatic carbocycles. The highest BCUT2D eigenvalue weighted by molar-refractivity contribution is 7.91. The molecule has 0 radical (unpaired) electrons. The van der Waals surface area contributed by atoms with Crippen LogP contribution in [-0.4, -0.2) is 51.0 Å². The van der Waals surface area contributed by atoms with Crippen molar-refractivity contribution in [3.63, 3.8) is 0 Å². The summed E-state index contributed by atoms with van der Waals surface area (Å²) in [5.74, 6) is -2.60. The zero-order valence-electron chi connectivity index (χ0n) is 19.4. The van der Waals surface area contributed by atoms with E-state index in [9.17, 15) is 31.8 Å². The van der Waals surface area contributed by atoms with Crippen molar-refractivity contribution < 1.29 is 36.5 Å². The second-order valence-corrected chi connectivity index (χ2v) is 10.9. The fraction of sp³-hybridized carbons (Fsp3) is 0.455. The number of hydrogen-bond donors (Lipinski definition) is 3. The van der Waals surface area contributed by atoms with Gasteiger partial charge in [0.1, 0.15) is 4.90 Å². The number of Topliss-reactive ketones (excluding diaryl/α,β-unsaturated/α-hetero) is 1. The van der Waals surface area contributed by atoms with Gasteiger partial charge in [-0.1, -0.05) is 0 Å². The maximum absolute atomic E-state index is 13.2. The van der Waals surface area contributed by atoms with E-state index in [1.165, 1.54) is 4.68 Å². The number of urea groups is 1. The number of carbonyl (C=O) groups excluding carboxylic acids is 3. The fourth-order valence-corrected chi connectivity index (χ4v) is 5.92. The number of anilines is 1. The van der Waals surface area contributed by atoms with Gasteiger partial charge in [-0.2, -0.15) is 18.3 Å². The van der Waals surface area contributed by atoms with Crippen LogP contribution in [0.1, 0.15) is 39.9 Å². The Kier molecular flexibility index (Phi) is 6.22. The predicted octanol–water partition coefficient (Wildman–Crippen LogP) is 2.12. The second kappa shape index (κ2) is 9.13. The summed E-state index contributed by atoms with van der Waals surface area (Å²) in [6.45, 7) is -0.355. The van der Waals surface area contributed by atoms with E-state index in [2.05, 4.69) is 14.8 Å². The van der Waals surface area contributed by atoms with Crippen LogP contribution in [0.25, 0.3) is 0 Å². The molecule has 3 amide bonds. The minimum Gasteiger partial charge on any atom is -0.476 e. The molecule has 0 fully saturated rings. The average molecular weight is 541 g/mol. The molecular weight excluding hydrogens is 517 g/mol. The van der Waals surface area contributed by atoms with Crippen molar-refractivity contribution in [1.29, 1.82) is 0 Å². The molecule has 5 rings (SSSR count). The molecule has 2 heterocycles. The molecule has 2 aliphatic carbocycles. The number of nitrogens with two attached hydrogens (primary N) is 1. The van der Waals surface area contributed by atoms with Gasteiger partial charge in [0.25, 0.3) is 0 Å². The zero-order valence-corrected chi connectivity index (χ0v) is 20.2. The number of amides is 3. The van der Waals surface area contributed by atoms with E-state index in [4.69, 9.17) is 9.88 Å².